The molecule has 176 valence electrons. The molecule has 4 aromatic rings. The van der Waals surface area contributed by atoms with Crippen molar-refractivity contribution < 1.29 is 14.0 Å². The molecule has 0 atom stereocenters. The van der Waals surface area contributed by atoms with Crippen LogP contribution in [0.1, 0.15) is 11.3 Å². The van der Waals surface area contributed by atoms with Crippen LogP contribution < -0.4 is 10.2 Å². The van der Waals surface area contributed by atoms with Gasteiger partial charge in [0.25, 0.3) is 0 Å². The molecule has 1 aliphatic rings. The zero-order chi connectivity index (χ0) is 23.3. The van der Waals surface area contributed by atoms with Gasteiger partial charge < -0.3 is 24.5 Å². The standard InChI is InChI=1S/C23H24N6O3S2/c30-20(25-14-17-4-3-11-32-17)15-33-23-27-26-22(34-23)29-9-7-28(8-10-29)21(31)12-16-13-24-19-6-2-1-5-18(16)19/h1-6,11,13,24H,7-10,12,14-15H2,(H,25,30). The number of amides is 2. The van der Waals surface area contributed by atoms with Gasteiger partial charge in [0.15, 0.2) is 4.34 Å². The summed E-state index contributed by atoms with van der Waals surface area (Å²) in [4.78, 5) is 32.2. The molecule has 2 amide bonds. The number of hydrogen-bond donors (Lipinski definition) is 2. The number of nitrogens with one attached hydrogen (secondary N) is 2. The maximum absolute atomic E-state index is 12.9. The number of thioether (sulfide) groups is 1. The van der Waals surface area contributed by atoms with Gasteiger partial charge >= 0.3 is 0 Å². The van der Waals surface area contributed by atoms with Crippen LogP contribution in [-0.4, -0.2) is 63.8 Å². The Kier molecular flexibility index (Phi) is 6.82. The van der Waals surface area contributed by atoms with Crippen molar-refractivity contribution in [1.82, 2.24) is 25.4 Å². The number of nitrogens with zero attached hydrogens (tertiary/aromatic N) is 4. The third-order valence-corrected chi connectivity index (χ3v) is 7.80. The highest BCUT2D eigenvalue weighted by molar-refractivity contribution is 8.01. The number of para-hydroxylation sites is 1. The lowest BCUT2D eigenvalue weighted by atomic mass is 10.1. The Balaban J connectivity index is 1.08. The van der Waals surface area contributed by atoms with Crippen molar-refractivity contribution in [3.63, 3.8) is 0 Å². The molecule has 1 fully saturated rings. The van der Waals surface area contributed by atoms with E-state index in [1.165, 1.54) is 23.1 Å². The highest BCUT2D eigenvalue weighted by Gasteiger charge is 2.24. The Hall–Kier alpha value is -3.31. The van der Waals surface area contributed by atoms with Crippen LogP contribution in [0.5, 0.6) is 0 Å². The number of hydrogen-bond acceptors (Lipinski definition) is 8. The van der Waals surface area contributed by atoms with Crippen LogP contribution in [0.25, 0.3) is 10.9 Å². The second kappa shape index (κ2) is 10.3. The topological polar surface area (TPSA) is 107 Å². The van der Waals surface area contributed by atoms with Crippen LogP contribution in [0.3, 0.4) is 0 Å². The summed E-state index contributed by atoms with van der Waals surface area (Å²) in [7, 11) is 0. The Labute approximate surface area is 204 Å². The van der Waals surface area contributed by atoms with E-state index in [2.05, 4.69) is 25.4 Å². The Morgan fingerprint density at radius 1 is 1.12 bits per heavy atom. The minimum absolute atomic E-state index is 0.0829. The molecule has 1 aliphatic heterocycles. The summed E-state index contributed by atoms with van der Waals surface area (Å²) in [6.07, 6.45) is 3.90. The fourth-order valence-electron chi connectivity index (χ4n) is 3.87. The highest BCUT2D eigenvalue weighted by Crippen LogP contribution is 2.28. The highest BCUT2D eigenvalue weighted by atomic mass is 32.2. The fraction of sp³-hybridized carbons (Fsp3) is 0.304. The molecular weight excluding hydrogens is 472 g/mol. The van der Waals surface area contributed by atoms with E-state index in [1.54, 1.807) is 12.3 Å². The van der Waals surface area contributed by atoms with Crippen LogP contribution in [-0.2, 0) is 22.6 Å². The summed E-state index contributed by atoms with van der Waals surface area (Å²) in [5, 5.41) is 13.2. The molecule has 5 rings (SSSR count). The van der Waals surface area contributed by atoms with Gasteiger partial charge in [-0.05, 0) is 23.8 Å². The number of furan rings is 1. The second-order valence-electron chi connectivity index (χ2n) is 7.90. The van der Waals surface area contributed by atoms with E-state index < -0.39 is 0 Å². The van der Waals surface area contributed by atoms with Crippen molar-refractivity contribution in [3.8, 4) is 0 Å². The van der Waals surface area contributed by atoms with Gasteiger partial charge in [0.05, 0.1) is 25.0 Å². The van der Waals surface area contributed by atoms with Crippen LogP contribution in [0, 0.1) is 0 Å². The Bertz CT molecular complexity index is 1260. The number of rotatable bonds is 8. The first-order valence-corrected chi connectivity index (χ1v) is 12.8. The van der Waals surface area contributed by atoms with Crippen LogP contribution in [0.2, 0.25) is 0 Å². The zero-order valence-electron chi connectivity index (χ0n) is 18.4. The van der Waals surface area contributed by atoms with Gasteiger partial charge in [0.2, 0.25) is 16.9 Å². The first-order valence-electron chi connectivity index (χ1n) is 11.0. The van der Waals surface area contributed by atoms with Crippen LogP contribution >= 0.6 is 23.1 Å². The summed E-state index contributed by atoms with van der Waals surface area (Å²) in [6.45, 7) is 3.10. The Morgan fingerprint density at radius 2 is 1.97 bits per heavy atom. The molecule has 1 aromatic carbocycles. The average molecular weight is 497 g/mol. The number of anilines is 1. The van der Waals surface area contributed by atoms with Crippen molar-refractivity contribution in [2.75, 3.05) is 36.8 Å². The molecular formula is C23H24N6O3S2. The summed E-state index contributed by atoms with van der Waals surface area (Å²) in [5.74, 6) is 1.04. The van der Waals surface area contributed by atoms with Gasteiger partial charge in [-0.15, -0.1) is 10.2 Å². The smallest absolute Gasteiger partial charge is 0.230 e. The molecule has 0 radical (unpaired) electrons. The fourth-order valence-corrected chi connectivity index (χ4v) is 5.59. The van der Waals surface area contributed by atoms with Crippen LogP contribution in [0.4, 0.5) is 5.13 Å². The molecule has 34 heavy (non-hydrogen) atoms. The first-order chi connectivity index (χ1) is 16.7. The number of carbonyl (C=O) groups is 2. The van der Waals surface area contributed by atoms with Crippen molar-refractivity contribution in [2.45, 2.75) is 17.3 Å². The van der Waals surface area contributed by atoms with Crippen molar-refractivity contribution >= 4 is 50.9 Å². The van der Waals surface area contributed by atoms with Gasteiger partial charge in [0, 0.05) is 43.3 Å². The lowest BCUT2D eigenvalue weighted by Crippen LogP contribution is -2.49. The summed E-state index contributed by atoms with van der Waals surface area (Å²) in [5.41, 5.74) is 2.08. The molecule has 9 nitrogen and oxygen atoms in total. The third kappa shape index (κ3) is 5.26. The summed E-state index contributed by atoms with van der Waals surface area (Å²) in [6, 6.07) is 11.6. The van der Waals surface area contributed by atoms with E-state index in [1.807, 2.05) is 41.4 Å². The monoisotopic (exact) mass is 496 g/mol. The zero-order valence-corrected chi connectivity index (χ0v) is 20.0. The van der Waals surface area contributed by atoms with E-state index in [9.17, 15) is 9.59 Å². The number of aromatic nitrogens is 3. The van der Waals surface area contributed by atoms with Crippen molar-refractivity contribution in [3.05, 3.63) is 60.2 Å². The molecule has 0 bridgehead atoms. The molecule has 4 heterocycles. The van der Waals surface area contributed by atoms with Gasteiger partial charge in [-0.3, -0.25) is 9.59 Å². The predicted molar refractivity (Wildman–Crippen MR) is 132 cm³/mol. The van der Waals surface area contributed by atoms with Crippen LogP contribution in [0.15, 0.2) is 57.6 Å². The molecule has 1 saturated heterocycles. The minimum Gasteiger partial charge on any atom is -0.467 e. The number of aromatic amines is 1. The largest absolute Gasteiger partial charge is 0.467 e. The quantitative estimate of drug-likeness (QED) is 0.361. The molecule has 2 N–H and O–H groups in total. The lowest BCUT2D eigenvalue weighted by molar-refractivity contribution is -0.130. The molecule has 0 saturated carbocycles. The first kappa shape index (κ1) is 22.5. The molecule has 11 heteroatoms. The van der Waals surface area contributed by atoms with E-state index in [4.69, 9.17) is 4.42 Å². The number of carbonyl (C=O) groups excluding carboxylic acids is 2. The summed E-state index contributed by atoms with van der Waals surface area (Å²) >= 11 is 2.84. The van der Waals surface area contributed by atoms with Gasteiger partial charge in [-0.2, -0.15) is 0 Å². The molecule has 3 aromatic heterocycles. The number of fused-ring (bicyclic) bond motifs is 1. The second-order valence-corrected chi connectivity index (χ2v) is 10.1. The predicted octanol–water partition coefficient (Wildman–Crippen LogP) is 2.91. The average Bonchev–Trinajstić information content (AvgIpc) is 3.63. The van der Waals surface area contributed by atoms with E-state index in [-0.39, 0.29) is 17.6 Å². The minimum atomic E-state index is -0.0829. The van der Waals surface area contributed by atoms with E-state index in [0.29, 0.717) is 39.1 Å². The lowest BCUT2D eigenvalue weighted by Gasteiger charge is -2.34. The van der Waals surface area contributed by atoms with Gasteiger partial charge in [0.1, 0.15) is 5.76 Å². The molecule has 0 aliphatic carbocycles. The van der Waals surface area contributed by atoms with Crippen molar-refractivity contribution in [2.24, 2.45) is 0 Å². The number of piperazine rings is 1. The maximum Gasteiger partial charge on any atom is 0.230 e. The maximum atomic E-state index is 12.9. The van der Waals surface area contributed by atoms with E-state index in [0.717, 1.165) is 31.7 Å². The number of H-pyrrole nitrogens is 1. The Morgan fingerprint density at radius 3 is 2.79 bits per heavy atom. The van der Waals surface area contributed by atoms with Gasteiger partial charge in [-0.1, -0.05) is 41.3 Å². The molecule has 0 unspecified atom stereocenters. The van der Waals surface area contributed by atoms with E-state index >= 15 is 0 Å². The van der Waals surface area contributed by atoms with Crippen molar-refractivity contribution in [1.29, 1.82) is 0 Å². The summed E-state index contributed by atoms with van der Waals surface area (Å²) < 4.78 is 5.96. The SMILES string of the molecule is O=C(CSc1nnc(N2CCN(C(=O)Cc3c[nH]c4ccccc34)CC2)s1)NCc1ccco1. The third-order valence-electron chi connectivity index (χ3n) is 5.68. The van der Waals surface area contributed by atoms with Gasteiger partial charge in [-0.25, -0.2) is 0 Å². The number of benzene rings is 1. The normalized spacial score (nSPS) is 14.0. The molecule has 0 spiro atoms.